The molecule has 1 aromatic heterocycles. The number of aromatic nitrogens is 1. The van der Waals surface area contributed by atoms with Gasteiger partial charge in [0, 0.05) is 30.1 Å². The summed E-state index contributed by atoms with van der Waals surface area (Å²) in [4.78, 5) is 22.3. The van der Waals surface area contributed by atoms with Gasteiger partial charge in [-0.1, -0.05) is 42.2 Å². The Balaban J connectivity index is 1.80. The SMILES string of the molecule is CC(C)N1C(=O)C(=Cc2cc3ccccc3nc2N2CCOCC2)SC1=S. The Morgan fingerprint density at radius 2 is 2.00 bits per heavy atom. The van der Waals surface area contributed by atoms with Crippen LogP contribution in [0.3, 0.4) is 0 Å². The Labute approximate surface area is 168 Å². The summed E-state index contributed by atoms with van der Waals surface area (Å²) in [5.41, 5.74) is 1.89. The molecule has 1 aromatic carbocycles. The predicted molar refractivity (Wildman–Crippen MR) is 115 cm³/mol. The lowest BCUT2D eigenvalue weighted by Crippen LogP contribution is -2.37. The Hall–Kier alpha value is -1.96. The van der Waals surface area contributed by atoms with Crippen LogP contribution in [0.5, 0.6) is 0 Å². The smallest absolute Gasteiger partial charge is 0.266 e. The monoisotopic (exact) mass is 399 g/mol. The minimum Gasteiger partial charge on any atom is -0.378 e. The van der Waals surface area contributed by atoms with Gasteiger partial charge < -0.3 is 9.64 Å². The number of thioether (sulfide) groups is 1. The van der Waals surface area contributed by atoms with Crippen LogP contribution in [0.25, 0.3) is 17.0 Å². The molecule has 0 saturated carbocycles. The third-order valence-corrected chi connectivity index (χ3v) is 6.00. The molecule has 0 spiro atoms. The van der Waals surface area contributed by atoms with Gasteiger partial charge in [0.1, 0.15) is 10.1 Å². The standard InChI is InChI=1S/C20H21N3O2S2/c1-13(2)23-19(24)17(27-20(23)26)12-15-11-14-5-3-4-6-16(14)21-18(15)22-7-9-25-10-8-22/h3-6,11-13H,7-10H2,1-2H3. The molecule has 1 amide bonds. The van der Waals surface area contributed by atoms with Crippen LogP contribution in [-0.4, -0.2) is 52.5 Å². The van der Waals surface area contributed by atoms with E-state index in [1.165, 1.54) is 11.8 Å². The van der Waals surface area contributed by atoms with Crippen molar-refractivity contribution >= 4 is 57.0 Å². The highest BCUT2D eigenvalue weighted by Gasteiger charge is 2.34. The van der Waals surface area contributed by atoms with Gasteiger partial charge in [0.2, 0.25) is 0 Å². The van der Waals surface area contributed by atoms with E-state index in [0.29, 0.717) is 22.4 Å². The van der Waals surface area contributed by atoms with E-state index < -0.39 is 0 Å². The van der Waals surface area contributed by atoms with Crippen molar-refractivity contribution in [3.05, 3.63) is 40.8 Å². The first kappa shape index (κ1) is 18.4. The lowest BCUT2D eigenvalue weighted by molar-refractivity contribution is -0.123. The number of amides is 1. The molecule has 0 radical (unpaired) electrons. The number of hydrogen-bond donors (Lipinski definition) is 0. The average molecular weight is 400 g/mol. The van der Waals surface area contributed by atoms with Gasteiger partial charge in [-0.05, 0) is 32.1 Å². The Kier molecular flexibility index (Phi) is 5.16. The van der Waals surface area contributed by atoms with E-state index in [0.717, 1.165) is 35.4 Å². The number of benzene rings is 1. The predicted octanol–water partition coefficient (Wildman–Crippen LogP) is 3.68. The van der Waals surface area contributed by atoms with E-state index in [9.17, 15) is 4.79 Å². The van der Waals surface area contributed by atoms with Crippen LogP contribution < -0.4 is 4.90 Å². The largest absolute Gasteiger partial charge is 0.378 e. The van der Waals surface area contributed by atoms with Gasteiger partial charge in [0.25, 0.3) is 5.91 Å². The van der Waals surface area contributed by atoms with E-state index in [-0.39, 0.29) is 11.9 Å². The molecule has 0 atom stereocenters. The van der Waals surface area contributed by atoms with Crippen LogP contribution in [0.2, 0.25) is 0 Å². The van der Waals surface area contributed by atoms with Crippen molar-refractivity contribution in [3.8, 4) is 0 Å². The van der Waals surface area contributed by atoms with Crippen molar-refractivity contribution in [3.63, 3.8) is 0 Å². The minimum absolute atomic E-state index is 0.0268. The highest BCUT2D eigenvalue weighted by atomic mass is 32.2. The summed E-state index contributed by atoms with van der Waals surface area (Å²) in [7, 11) is 0. The van der Waals surface area contributed by atoms with E-state index >= 15 is 0 Å². The second-order valence-corrected chi connectivity index (χ2v) is 8.51. The van der Waals surface area contributed by atoms with Crippen LogP contribution in [0.15, 0.2) is 35.2 Å². The summed E-state index contributed by atoms with van der Waals surface area (Å²) in [6.07, 6.45) is 1.94. The normalized spacial score (nSPS) is 19.7. The summed E-state index contributed by atoms with van der Waals surface area (Å²) < 4.78 is 6.10. The molecule has 0 unspecified atom stereocenters. The van der Waals surface area contributed by atoms with Crippen LogP contribution in [0, 0.1) is 0 Å². The number of carbonyl (C=O) groups is 1. The maximum atomic E-state index is 12.8. The molecule has 3 heterocycles. The molecule has 2 saturated heterocycles. The molecular weight excluding hydrogens is 378 g/mol. The van der Waals surface area contributed by atoms with Crippen LogP contribution in [-0.2, 0) is 9.53 Å². The van der Waals surface area contributed by atoms with Gasteiger partial charge >= 0.3 is 0 Å². The molecule has 140 valence electrons. The first-order valence-electron chi connectivity index (χ1n) is 9.04. The number of nitrogens with zero attached hydrogens (tertiary/aromatic N) is 3. The number of anilines is 1. The number of ether oxygens (including phenoxy) is 1. The molecule has 0 N–H and O–H groups in total. The average Bonchev–Trinajstić information content (AvgIpc) is 2.95. The van der Waals surface area contributed by atoms with Crippen LogP contribution in [0.1, 0.15) is 19.4 Å². The number of rotatable bonds is 3. The van der Waals surface area contributed by atoms with Crippen molar-refractivity contribution in [2.45, 2.75) is 19.9 Å². The number of para-hydroxylation sites is 1. The van der Waals surface area contributed by atoms with Gasteiger partial charge in [-0.2, -0.15) is 0 Å². The fraction of sp³-hybridized carbons (Fsp3) is 0.350. The number of morpholine rings is 1. The summed E-state index contributed by atoms with van der Waals surface area (Å²) in [5.74, 6) is 0.868. The zero-order valence-corrected chi connectivity index (χ0v) is 17.0. The summed E-state index contributed by atoms with van der Waals surface area (Å²) >= 11 is 6.77. The molecule has 2 aliphatic rings. The summed E-state index contributed by atoms with van der Waals surface area (Å²) in [6, 6.07) is 10.2. The minimum atomic E-state index is -0.0268. The lowest BCUT2D eigenvalue weighted by Gasteiger charge is -2.29. The molecule has 2 aromatic rings. The topological polar surface area (TPSA) is 45.7 Å². The first-order valence-corrected chi connectivity index (χ1v) is 10.3. The molecule has 7 heteroatoms. The number of carbonyl (C=O) groups excluding carboxylic acids is 1. The van der Waals surface area contributed by atoms with Crippen molar-refractivity contribution in [1.29, 1.82) is 0 Å². The van der Waals surface area contributed by atoms with E-state index in [2.05, 4.69) is 11.0 Å². The zero-order valence-electron chi connectivity index (χ0n) is 15.3. The number of pyridine rings is 1. The van der Waals surface area contributed by atoms with Crippen molar-refractivity contribution in [2.24, 2.45) is 0 Å². The van der Waals surface area contributed by atoms with Crippen molar-refractivity contribution < 1.29 is 9.53 Å². The molecule has 2 fully saturated rings. The second kappa shape index (κ2) is 7.58. The summed E-state index contributed by atoms with van der Waals surface area (Å²) in [6.45, 7) is 6.90. The van der Waals surface area contributed by atoms with E-state index in [1.54, 1.807) is 4.90 Å². The third-order valence-electron chi connectivity index (χ3n) is 4.67. The Morgan fingerprint density at radius 3 is 2.70 bits per heavy atom. The van der Waals surface area contributed by atoms with Crippen LogP contribution in [0.4, 0.5) is 5.82 Å². The molecule has 2 aliphatic heterocycles. The molecule has 27 heavy (non-hydrogen) atoms. The highest BCUT2D eigenvalue weighted by Crippen LogP contribution is 2.36. The Morgan fingerprint density at radius 1 is 1.26 bits per heavy atom. The van der Waals surface area contributed by atoms with E-state index in [4.69, 9.17) is 21.9 Å². The van der Waals surface area contributed by atoms with Crippen molar-refractivity contribution in [2.75, 3.05) is 31.2 Å². The fourth-order valence-electron chi connectivity index (χ4n) is 3.32. The molecule has 0 aliphatic carbocycles. The molecule has 4 rings (SSSR count). The zero-order chi connectivity index (χ0) is 19.0. The van der Waals surface area contributed by atoms with Gasteiger partial charge in [-0.3, -0.25) is 9.69 Å². The molecular formula is C20H21N3O2S2. The quantitative estimate of drug-likeness (QED) is 0.580. The van der Waals surface area contributed by atoms with Crippen molar-refractivity contribution in [1.82, 2.24) is 9.88 Å². The van der Waals surface area contributed by atoms with Gasteiger partial charge in [-0.25, -0.2) is 4.98 Å². The maximum Gasteiger partial charge on any atom is 0.266 e. The molecule has 0 bridgehead atoms. The first-order chi connectivity index (χ1) is 13.0. The maximum absolute atomic E-state index is 12.8. The fourth-order valence-corrected chi connectivity index (χ4v) is 4.84. The lowest BCUT2D eigenvalue weighted by atomic mass is 10.1. The third kappa shape index (κ3) is 3.59. The number of hydrogen-bond acceptors (Lipinski definition) is 6. The van der Waals surface area contributed by atoms with Crippen LogP contribution >= 0.6 is 24.0 Å². The van der Waals surface area contributed by atoms with Gasteiger partial charge in [-0.15, -0.1) is 0 Å². The Bertz CT molecular complexity index is 936. The number of fused-ring (bicyclic) bond motifs is 1. The van der Waals surface area contributed by atoms with Gasteiger partial charge in [0.05, 0.1) is 23.6 Å². The highest BCUT2D eigenvalue weighted by molar-refractivity contribution is 8.26. The van der Waals surface area contributed by atoms with Gasteiger partial charge in [0.15, 0.2) is 0 Å². The number of thiocarbonyl (C=S) groups is 1. The summed E-state index contributed by atoms with van der Waals surface area (Å²) in [5, 5.41) is 1.06. The second-order valence-electron chi connectivity index (χ2n) is 6.84. The van der Waals surface area contributed by atoms with E-state index in [1.807, 2.05) is 44.2 Å². The molecule has 5 nitrogen and oxygen atoms in total.